The van der Waals surface area contributed by atoms with Crippen molar-refractivity contribution in [2.45, 2.75) is 45.1 Å². The van der Waals surface area contributed by atoms with Crippen molar-refractivity contribution < 1.29 is 9.90 Å². The molecule has 1 heterocycles. The Morgan fingerprint density at radius 2 is 2.26 bits per heavy atom. The Morgan fingerprint density at radius 3 is 2.84 bits per heavy atom. The van der Waals surface area contributed by atoms with Gasteiger partial charge in [0.2, 0.25) is 0 Å². The molecule has 0 radical (unpaired) electrons. The molecule has 1 aromatic heterocycles. The molecular formula is C15H18N2O2. The van der Waals surface area contributed by atoms with E-state index in [1.165, 1.54) is 12.8 Å². The van der Waals surface area contributed by atoms with E-state index < -0.39 is 5.97 Å². The Balaban J connectivity index is 2.23. The molecule has 0 aliphatic heterocycles. The van der Waals surface area contributed by atoms with Gasteiger partial charge in [0.15, 0.2) is 0 Å². The Morgan fingerprint density at radius 1 is 1.53 bits per heavy atom. The van der Waals surface area contributed by atoms with Crippen molar-refractivity contribution in [2.75, 3.05) is 0 Å². The van der Waals surface area contributed by atoms with Crippen LogP contribution >= 0.6 is 0 Å². The maximum atomic E-state index is 11.1. The zero-order chi connectivity index (χ0) is 13.6. The lowest BCUT2D eigenvalue weighted by Crippen LogP contribution is -2.08. The molecule has 2 aromatic rings. The topological polar surface area (TPSA) is 55.1 Å². The van der Waals surface area contributed by atoms with Gasteiger partial charge < -0.3 is 9.67 Å². The van der Waals surface area contributed by atoms with E-state index in [9.17, 15) is 4.79 Å². The van der Waals surface area contributed by atoms with Gasteiger partial charge >= 0.3 is 5.97 Å². The Bertz CT molecular complexity index is 641. The standard InChI is InChI=1S/C15H18N2O2/c1-3-9(2)17-13-8-11(15(18)19)6-7-12(13)16-14(17)10-4-5-10/h6-10H,3-5H2,1-2H3,(H,18,19). The average Bonchev–Trinajstić information content (AvgIpc) is 3.17. The Labute approximate surface area is 112 Å². The molecule has 1 saturated carbocycles. The Hall–Kier alpha value is -1.84. The molecule has 0 saturated heterocycles. The molecule has 0 amide bonds. The summed E-state index contributed by atoms with van der Waals surface area (Å²) in [6.45, 7) is 4.31. The molecule has 19 heavy (non-hydrogen) atoms. The van der Waals surface area contributed by atoms with Crippen molar-refractivity contribution in [1.29, 1.82) is 0 Å². The first-order chi connectivity index (χ1) is 9.11. The number of carbonyl (C=O) groups is 1. The second kappa shape index (κ2) is 4.37. The maximum absolute atomic E-state index is 11.1. The zero-order valence-corrected chi connectivity index (χ0v) is 11.3. The largest absolute Gasteiger partial charge is 0.478 e. The minimum atomic E-state index is -0.883. The molecule has 0 bridgehead atoms. The molecule has 4 heteroatoms. The van der Waals surface area contributed by atoms with Crippen molar-refractivity contribution in [3.05, 3.63) is 29.6 Å². The zero-order valence-electron chi connectivity index (χ0n) is 11.3. The number of rotatable bonds is 4. The van der Waals surface area contributed by atoms with Crippen molar-refractivity contribution >= 4 is 17.0 Å². The summed E-state index contributed by atoms with van der Waals surface area (Å²) >= 11 is 0. The molecule has 100 valence electrons. The number of carboxylic acid groups (broad SMARTS) is 1. The fraction of sp³-hybridized carbons (Fsp3) is 0.467. The van der Waals surface area contributed by atoms with E-state index in [2.05, 4.69) is 18.4 Å². The third-order valence-electron chi connectivity index (χ3n) is 3.94. The van der Waals surface area contributed by atoms with E-state index in [-0.39, 0.29) is 0 Å². The number of aromatic nitrogens is 2. The third-order valence-corrected chi connectivity index (χ3v) is 3.94. The van der Waals surface area contributed by atoms with Gasteiger partial charge in [-0.05, 0) is 44.4 Å². The fourth-order valence-electron chi connectivity index (χ4n) is 2.52. The predicted molar refractivity (Wildman–Crippen MR) is 73.7 cm³/mol. The van der Waals surface area contributed by atoms with Gasteiger partial charge in [0, 0.05) is 12.0 Å². The number of aromatic carboxylic acids is 1. The van der Waals surface area contributed by atoms with Crippen LogP contribution in [0.25, 0.3) is 11.0 Å². The van der Waals surface area contributed by atoms with Gasteiger partial charge in [-0.3, -0.25) is 0 Å². The lowest BCUT2D eigenvalue weighted by molar-refractivity contribution is 0.0697. The van der Waals surface area contributed by atoms with Gasteiger partial charge in [-0.25, -0.2) is 9.78 Å². The van der Waals surface area contributed by atoms with Crippen LogP contribution in [0.1, 0.15) is 61.3 Å². The molecule has 1 unspecified atom stereocenters. The highest BCUT2D eigenvalue weighted by molar-refractivity contribution is 5.92. The molecule has 1 fully saturated rings. The first-order valence-electron chi connectivity index (χ1n) is 6.87. The highest BCUT2D eigenvalue weighted by Gasteiger charge is 2.30. The fourth-order valence-corrected chi connectivity index (χ4v) is 2.52. The summed E-state index contributed by atoms with van der Waals surface area (Å²) in [6, 6.07) is 5.56. The second-order valence-electron chi connectivity index (χ2n) is 5.38. The van der Waals surface area contributed by atoms with E-state index in [0.29, 0.717) is 17.5 Å². The molecule has 0 spiro atoms. The highest BCUT2D eigenvalue weighted by atomic mass is 16.4. The molecule has 1 atom stereocenters. The third kappa shape index (κ3) is 2.01. The van der Waals surface area contributed by atoms with E-state index in [0.717, 1.165) is 23.3 Å². The molecule has 1 aliphatic carbocycles. The van der Waals surface area contributed by atoms with Gasteiger partial charge in [0.05, 0.1) is 16.6 Å². The highest BCUT2D eigenvalue weighted by Crippen LogP contribution is 2.42. The molecule has 4 nitrogen and oxygen atoms in total. The van der Waals surface area contributed by atoms with Crippen LogP contribution in [0.15, 0.2) is 18.2 Å². The van der Waals surface area contributed by atoms with E-state index in [4.69, 9.17) is 10.1 Å². The van der Waals surface area contributed by atoms with Crippen LogP contribution in [-0.2, 0) is 0 Å². The van der Waals surface area contributed by atoms with Crippen LogP contribution in [-0.4, -0.2) is 20.6 Å². The SMILES string of the molecule is CCC(C)n1c(C2CC2)nc2ccc(C(=O)O)cc21. The van der Waals surface area contributed by atoms with Crippen molar-refractivity contribution in [3.63, 3.8) is 0 Å². The van der Waals surface area contributed by atoms with Gasteiger partial charge in [-0.2, -0.15) is 0 Å². The van der Waals surface area contributed by atoms with E-state index in [1.54, 1.807) is 12.1 Å². The average molecular weight is 258 g/mol. The minimum Gasteiger partial charge on any atom is -0.478 e. The molecule has 1 N–H and O–H groups in total. The van der Waals surface area contributed by atoms with Crippen LogP contribution in [0.3, 0.4) is 0 Å². The molecule has 1 aliphatic rings. The van der Waals surface area contributed by atoms with Crippen LogP contribution in [0.4, 0.5) is 0 Å². The lowest BCUT2D eigenvalue weighted by Gasteiger charge is -2.15. The van der Waals surface area contributed by atoms with Gasteiger partial charge in [0.25, 0.3) is 0 Å². The molecule has 3 rings (SSSR count). The monoisotopic (exact) mass is 258 g/mol. The van der Waals surface area contributed by atoms with Crippen molar-refractivity contribution in [3.8, 4) is 0 Å². The minimum absolute atomic E-state index is 0.333. The predicted octanol–water partition coefficient (Wildman–Crippen LogP) is 3.58. The quantitative estimate of drug-likeness (QED) is 0.911. The molecular weight excluding hydrogens is 240 g/mol. The van der Waals surface area contributed by atoms with Gasteiger partial charge in [0.1, 0.15) is 5.82 Å². The number of benzene rings is 1. The second-order valence-corrected chi connectivity index (χ2v) is 5.38. The number of hydrogen-bond donors (Lipinski definition) is 1. The summed E-state index contributed by atoms with van der Waals surface area (Å²) < 4.78 is 2.24. The van der Waals surface area contributed by atoms with Crippen LogP contribution in [0.5, 0.6) is 0 Å². The summed E-state index contributed by atoms with van der Waals surface area (Å²) in [6.07, 6.45) is 3.42. The van der Waals surface area contributed by atoms with Crippen LogP contribution in [0, 0.1) is 0 Å². The normalized spacial score (nSPS) is 16.7. The maximum Gasteiger partial charge on any atom is 0.335 e. The lowest BCUT2D eigenvalue weighted by atomic mass is 10.2. The Kier molecular flexibility index (Phi) is 2.81. The smallest absolute Gasteiger partial charge is 0.335 e. The van der Waals surface area contributed by atoms with Crippen LogP contribution in [0.2, 0.25) is 0 Å². The van der Waals surface area contributed by atoms with E-state index >= 15 is 0 Å². The summed E-state index contributed by atoms with van der Waals surface area (Å²) in [5.41, 5.74) is 2.20. The first-order valence-corrected chi connectivity index (χ1v) is 6.87. The summed E-state index contributed by atoms with van der Waals surface area (Å²) in [5, 5.41) is 9.13. The summed E-state index contributed by atoms with van der Waals surface area (Å²) in [5.74, 6) is 0.813. The van der Waals surface area contributed by atoms with Gasteiger partial charge in [-0.1, -0.05) is 6.92 Å². The number of imidazole rings is 1. The van der Waals surface area contributed by atoms with Crippen molar-refractivity contribution in [1.82, 2.24) is 9.55 Å². The molecule has 1 aromatic carbocycles. The summed E-state index contributed by atoms with van der Waals surface area (Å²) in [7, 11) is 0. The van der Waals surface area contributed by atoms with E-state index in [1.807, 2.05) is 6.07 Å². The van der Waals surface area contributed by atoms with Crippen LogP contribution < -0.4 is 0 Å². The van der Waals surface area contributed by atoms with Crippen molar-refractivity contribution in [2.24, 2.45) is 0 Å². The first kappa shape index (κ1) is 12.2. The number of carboxylic acids is 1. The number of hydrogen-bond acceptors (Lipinski definition) is 2. The number of fused-ring (bicyclic) bond motifs is 1. The number of nitrogens with zero attached hydrogens (tertiary/aromatic N) is 2. The van der Waals surface area contributed by atoms with Gasteiger partial charge in [-0.15, -0.1) is 0 Å². The summed E-state index contributed by atoms with van der Waals surface area (Å²) in [4.78, 5) is 15.8.